The van der Waals surface area contributed by atoms with Crippen LogP contribution in [-0.4, -0.2) is 18.8 Å². The van der Waals surface area contributed by atoms with Crippen LogP contribution < -0.4 is 4.53 Å². The topological polar surface area (TPSA) is 41.9 Å². The van der Waals surface area contributed by atoms with E-state index in [9.17, 15) is 4.79 Å². The van der Waals surface area contributed by atoms with Crippen LogP contribution in [0.2, 0.25) is 0 Å². The van der Waals surface area contributed by atoms with E-state index in [1.807, 2.05) is 18.2 Å². The summed E-state index contributed by atoms with van der Waals surface area (Å²) in [5.74, 6) is -0.515. The van der Waals surface area contributed by atoms with Crippen molar-refractivity contribution >= 4 is 29.6 Å². The lowest BCUT2D eigenvalue weighted by Gasteiger charge is -2.07. The molecule has 5 heteroatoms. The molecule has 0 aliphatic rings. The summed E-state index contributed by atoms with van der Waals surface area (Å²) in [4.78, 5) is 10.9. The lowest BCUT2D eigenvalue weighted by atomic mass is 10.3. The van der Waals surface area contributed by atoms with Crippen molar-refractivity contribution in [2.24, 2.45) is 5.10 Å². The molecular weight excluding hydrogens is 216 g/mol. The third-order valence-electron chi connectivity index (χ3n) is 1.52. The highest BCUT2D eigenvalue weighted by atomic mass is 35.5. The average molecular weight is 227 g/mol. The van der Waals surface area contributed by atoms with E-state index in [0.29, 0.717) is 12.3 Å². The highest BCUT2D eigenvalue weighted by Gasteiger charge is 2.00. The average Bonchev–Trinajstić information content (AvgIpc) is 2.27. The van der Waals surface area contributed by atoms with Crippen molar-refractivity contribution in [1.82, 2.24) is 0 Å². The summed E-state index contributed by atoms with van der Waals surface area (Å²) in [5.41, 5.74) is 0.680. The Morgan fingerprint density at radius 2 is 2.20 bits per heavy atom. The molecule has 0 aromatic heterocycles. The second-order valence-electron chi connectivity index (χ2n) is 2.59. The highest BCUT2D eigenvalue weighted by molar-refractivity contribution is 6.28. The second-order valence-corrected chi connectivity index (χ2v) is 2.91. The summed E-state index contributed by atoms with van der Waals surface area (Å²) in [5, 5.41) is 3.71. The zero-order chi connectivity index (χ0) is 11.1. The number of carbonyl (C=O) groups is 1. The van der Waals surface area contributed by atoms with Crippen molar-refractivity contribution in [3.63, 3.8) is 0 Å². The molecule has 0 atom stereocenters. The van der Waals surface area contributed by atoms with E-state index in [1.165, 1.54) is 0 Å². The Kier molecular flexibility index (Phi) is 4.63. The molecule has 0 fully saturated rings. The number of halogens is 1. The number of para-hydroxylation sites is 1. The quantitative estimate of drug-likeness (QED) is 0.342. The van der Waals surface area contributed by atoms with Crippen LogP contribution in [0.25, 0.3) is 0 Å². The van der Waals surface area contributed by atoms with Crippen molar-refractivity contribution < 1.29 is 9.53 Å². The first-order chi connectivity index (χ1) is 7.24. The fourth-order valence-corrected chi connectivity index (χ4v) is 1.05. The summed E-state index contributed by atoms with van der Waals surface area (Å²) >= 11 is 5.78. The molecule has 0 heterocycles. The van der Waals surface area contributed by atoms with Gasteiger partial charge in [0.25, 0.3) is 0 Å². The van der Waals surface area contributed by atoms with Gasteiger partial charge in [-0.15, -0.1) is 0 Å². The van der Waals surface area contributed by atoms with Crippen molar-refractivity contribution in [2.75, 3.05) is 11.1 Å². The van der Waals surface area contributed by atoms with Crippen LogP contribution in [0.5, 0.6) is 0 Å². The van der Waals surface area contributed by atoms with Crippen LogP contribution in [0.4, 0.5) is 5.69 Å². The van der Waals surface area contributed by atoms with Gasteiger partial charge in [0.05, 0.1) is 12.3 Å². The summed E-state index contributed by atoms with van der Waals surface area (Å²) < 4.78 is 5.73. The number of carbonyl (C=O) groups excluding carboxylic acids is 1. The van der Waals surface area contributed by atoms with Gasteiger partial charge in [0.15, 0.2) is 0 Å². The standard InChI is InChI=1S/C10H11ClN2O2/c1-2-15-10(14)8-12-13(11)9-6-4-3-5-7-9/h3-8H,2H2,1H3. The molecule has 0 radical (unpaired) electrons. The van der Waals surface area contributed by atoms with Crippen molar-refractivity contribution in [3.05, 3.63) is 30.3 Å². The van der Waals surface area contributed by atoms with E-state index in [-0.39, 0.29) is 0 Å². The van der Waals surface area contributed by atoms with Crippen molar-refractivity contribution in [3.8, 4) is 0 Å². The number of rotatable bonds is 4. The number of hydrogen-bond acceptors (Lipinski definition) is 4. The molecule has 0 unspecified atom stereocenters. The largest absolute Gasteiger partial charge is 0.462 e. The SMILES string of the molecule is CCOC(=O)C=NN(Cl)c1ccccc1. The van der Waals surface area contributed by atoms with E-state index in [0.717, 1.165) is 10.7 Å². The lowest BCUT2D eigenvalue weighted by molar-refractivity contribution is -0.134. The number of hydrogen-bond donors (Lipinski definition) is 0. The molecule has 1 aromatic carbocycles. The summed E-state index contributed by atoms with van der Waals surface area (Å²) in [6, 6.07) is 9.06. The van der Waals surface area contributed by atoms with Crippen LogP contribution in [0.1, 0.15) is 6.92 Å². The van der Waals surface area contributed by atoms with Crippen LogP contribution in [-0.2, 0) is 9.53 Å². The molecule has 80 valence electrons. The first-order valence-electron chi connectivity index (χ1n) is 4.45. The zero-order valence-corrected chi connectivity index (χ0v) is 9.02. The van der Waals surface area contributed by atoms with Gasteiger partial charge in [-0.1, -0.05) is 18.2 Å². The lowest BCUT2D eigenvalue weighted by Crippen LogP contribution is -2.09. The Hall–Kier alpha value is -1.55. The monoisotopic (exact) mass is 226 g/mol. The van der Waals surface area contributed by atoms with Crippen molar-refractivity contribution in [2.45, 2.75) is 6.92 Å². The fourth-order valence-electron chi connectivity index (χ4n) is 0.895. The number of ether oxygens (including phenoxy) is 1. The fraction of sp³-hybridized carbons (Fsp3) is 0.200. The van der Waals surface area contributed by atoms with Gasteiger partial charge in [0.2, 0.25) is 0 Å². The van der Waals surface area contributed by atoms with E-state index >= 15 is 0 Å². The predicted molar refractivity (Wildman–Crippen MR) is 59.9 cm³/mol. The third-order valence-corrected chi connectivity index (χ3v) is 1.80. The maximum absolute atomic E-state index is 10.9. The minimum absolute atomic E-state index is 0.318. The zero-order valence-electron chi connectivity index (χ0n) is 8.26. The molecule has 0 spiro atoms. The maximum Gasteiger partial charge on any atom is 0.351 e. The van der Waals surface area contributed by atoms with Gasteiger partial charge in [-0.05, 0) is 19.1 Å². The number of benzene rings is 1. The van der Waals surface area contributed by atoms with E-state index in [4.69, 9.17) is 11.8 Å². The number of nitrogens with zero attached hydrogens (tertiary/aromatic N) is 2. The molecular formula is C10H11ClN2O2. The summed E-state index contributed by atoms with van der Waals surface area (Å²) in [6.07, 6.45) is 1.03. The minimum Gasteiger partial charge on any atom is -0.462 e. The Balaban J connectivity index is 2.56. The summed E-state index contributed by atoms with van der Waals surface area (Å²) in [7, 11) is 0. The second kappa shape index (κ2) is 6.03. The highest BCUT2D eigenvalue weighted by Crippen LogP contribution is 2.14. The molecule has 0 saturated carbocycles. The van der Waals surface area contributed by atoms with Gasteiger partial charge in [0, 0.05) is 11.8 Å². The van der Waals surface area contributed by atoms with E-state index in [1.54, 1.807) is 19.1 Å². The third kappa shape index (κ3) is 3.99. The predicted octanol–water partition coefficient (Wildman–Crippen LogP) is 2.20. The van der Waals surface area contributed by atoms with Gasteiger partial charge in [0.1, 0.15) is 6.21 Å². The number of hydrazone groups is 1. The molecule has 4 nitrogen and oxygen atoms in total. The first-order valence-corrected chi connectivity index (χ1v) is 4.79. The molecule has 0 aliphatic heterocycles. The molecule has 0 N–H and O–H groups in total. The molecule has 0 bridgehead atoms. The van der Waals surface area contributed by atoms with Crippen LogP contribution in [0.15, 0.2) is 35.4 Å². The Labute approximate surface area is 93.2 Å². The smallest absolute Gasteiger partial charge is 0.351 e. The van der Waals surface area contributed by atoms with Crippen LogP contribution in [0.3, 0.4) is 0 Å². The molecule has 0 amide bonds. The van der Waals surface area contributed by atoms with Crippen LogP contribution >= 0.6 is 11.8 Å². The number of esters is 1. The summed E-state index contributed by atoms with van der Waals surface area (Å²) in [6.45, 7) is 2.04. The normalized spacial score (nSPS) is 10.3. The van der Waals surface area contributed by atoms with Crippen molar-refractivity contribution in [1.29, 1.82) is 0 Å². The van der Waals surface area contributed by atoms with Gasteiger partial charge < -0.3 is 4.74 Å². The number of anilines is 1. The van der Waals surface area contributed by atoms with E-state index in [2.05, 4.69) is 9.84 Å². The van der Waals surface area contributed by atoms with Gasteiger partial charge in [-0.2, -0.15) is 9.63 Å². The van der Waals surface area contributed by atoms with Crippen LogP contribution in [0, 0.1) is 0 Å². The molecule has 1 aromatic rings. The molecule has 15 heavy (non-hydrogen) atoms. The molecule has 0 saturated heterocycles. The van der Waals surface area contributed by atoms with Gasteiger partial charge >= 0.3 is 5.97 Å². The molecule has 1 rings (SSSR count). The Morgan fingerprint density at radius 3 is 2.80 bits per heavy atom. The van der Waals surface area contributed by atoms with Gasteiger partial charge in [-0.25, -0.2) is 4.79 Å². The molecule has 0 aliphatic carbocycles. The first kappa shape index (κ1) is 11.5. The Morgan fingerprint density at radius 1 is 1.53 bits per heavy atom. The maximum atomic E-state index is 10.9. The minimum atomic E-state index is -0.515. The van der Waals surface area contributed by atoms with E-state index < -0.39 is 5.97 Å². The van der Waals surface area contributed by atoms with Gasteiger partial charge in [-0.3, -0.25) is 0 Å². The Bertz CT molecular complexity index is 341.